The van der Waals surface area contributed by atoms with Gasteiger partial charge in [0, 0.05) is 31.4 Å². The topological polar surface area (TPSA) is 49.6 Å². The number of alkyl halides is 3. The molecule has 2 fully saturated rings. The van der Waals surface area contributed by atoms with Gasteiger partial charge in [-0.15, -0.1) is 5.10 Å². The zero-order chi connectivity index (χ0) is 19.9. The first-order valence-electron chi connectivity index (χ1n) is 10.1. The average molecular weight is 396 g/mol. The quantitative estimate of drug-likeness (QED) is 0.796. The maximum Gasteiger partial charge on any atom is 0.453 e. The molecule has 0 amide bonds. The van der Waals surface area contributed by atoms with E-state index < -0.39 is 12.0 Å². The molecule has 0 N–H and O–H groups in total. The maximum absolute atomic E-state index is 13.1. The van der Waals surface area contributed by atoms with Gasteiger partial charge in [-0.05, 0) is 57.5 Å². The second kappa shape index (κ2) is 7.50. The van der Waals surface area contributed by atoms with Crippen LogP contribution in [-0.4, -0.2) is 57.2 Å². The number of nitrogens with zero attached hydrogens (tertiary/aromatic N) is 6. The highest BCUT2D eigenvalue weighted by Gasteiger charge is 2.37. The second-order valence-corrected chi connectivity index (χ2v) is 8.34. The number of aryl methyl sites for hydroxylation is 1. The smallest absolute Gasteiger partial charge is 0.356 e. The van der Waals surface area contributed by atoms with Crippen LogP contribution < -0.4 is 4.90 Å². The van der Waals surface area contributed by atoms with Crippen LogP contribution in [0, 0.1) is 18.8 Å². The minimum absolute atomic E-state index is 0.00877. The average Bonchev–Trinajstić information content (AvgIpc) is 3.07. The van der Waals surface area contributed by atoms with Crippen LogP contribution in [-0.2, 0) is 6.18 Å². The van der Waals surface area contributed by atoms with E-state index in [2.05, 4.69) is 31.8 Å². The number of aromatic nitrogens is 4. The van der Waals surface area contributed by atoms with Crippen molar-refractivity contribution in [2.75, 3.05) is 37.6 Å². The molecule has 0 aliphatic carbocycles. The molecule has 1 unspecified atom stereocenters. The summed E-state index contributed by atoms with van der Waals surface area (Å²) in [7, 11) is 0. The molecule has 0 aromatic carbocycles. The van der Waals surface area contributed by atoms with Crippen molar-refractivity contribution in [3.05, 3.63) is 17.6 Å². The molecule has 28 heavy (non-hydrogen) atoms. The van der Waals surface area contributed by atoms with Gasteiger partial charge in [-0.25, -0.2) is 4.98 Å². The molecule has 2 aromatic rings. The minimum Gasteiger partial charge on any atom is -0.356 e. The summed E-state index contributed by atoms with van der Waals surface area (Å²) in [5, 5.41) is 3.72. The van der Waals surface area contributed by atoms with E-state index in [0.29, 0.717) is 17.4 Å². The Morgan fingerprint density at radius 3 is 2.57 bits per heavy atom. The fourth-order valence-electron chi connectivity index (χ4n) is 4.35. The van der Waals surface area contributed by atoms with E-state index in [4.69, 9.17) is 0 Å². The molecular weight excluding hydrogens is 369 g/mol. The van der Waals surface area contributed by atoms with Crippen molar-refractivity contribution >= 4 is 11.6 Å². The van der Waals surface area contributed by atoms with Gasteiger partial charge in [0.15, 0.2) is 0 Å². The van der Waals surface area contributed by atoms with Crippen LogP contribution >= 0.6 is 0 Å². The lowest BCUT2D eigenvalue weighted by Crippen LogP contribution is -2.43. The minimum atomic E-state index is -4.57. The van der Waals surface area contributed by atoms with Crippen molar-refractivity contribution in [3.8, 4) is 0 Å². The van der Waals surface area contributed by atoms with E-state index in [0.717, 1.165) is 51.5 Å². The predicted molar refractivity (Wildman–Crippen MR) is 100 cm³/mol. The lowest BCUT2D eigenvalue weighted by Gasteiger charge is -2.38. The summed E-state index contributed by atoms with van der Waals surface area (Å²) >= 11 is 0. The van der Waals surface area contributed by atoms with Crippen molar-refractivity contribution in [2.45, 2.75) is 45.7 Å². The van der Waals surface area contributed by atoms with Gasteiger partial charge in [0.2, 0.25) is 0 Å². The van der Waals surface area contributed by atoms with Gasteiger partial charge in [0.05, 0.1) is 0 Å². The van der Waals surface area contributed by atoms with Crippen LogP contribution in [0.4, 0.5) is 19.0 Å². The summed E-state index contributed by atoms with van der Waals surface area (Å²) < 4.78 is 40.4. The fraction of sp³-hybridized carbons (Fsp3) is 0.737. The molecule has 2 aliphatic rings. The molecule has 0 radical (unpaired) electrons. The number of likely N-dealkylation sites (tertiary alicyclic amines) is 1. The van der Waals surface area contributed by atoms with Crippen molar-refractivity contribution in [1.29, 1.82) is 0 Å². The summed E-state index contributed by atoms with van der Waals surface area (Å²) in [6.45, 7) is 9.08. The van der Waals surface area contributed by atoms with Crippen LogP contribution in [0.1, 0.15) is 44.1 Å². The second-order valence-electron chi connectivity index (χ2n) is 8.34. The maximum atomic E-state index is 13.1. The Labute approximate surface area is 162 Å². The van der Waals surface area contributed by atoms with Crippen LogP contribution in [0.3, 0.4) is 0 Å². The van der Waals surface area contributed by atoms with Gasteiger partial charge < -0.3 is 9.80 Å². The van der Waals surface area contributed by atoms with Gasteiger partial charge in [-0.2, -0.15) is 22.7 Å². The Balaban J connectivity index is 1.54. The van der Waals surface area contributed by atoms with Crippen molar-refractivity contribution < 1.29 is 13.2 Å². The fourth-order valence-corrected chi connectivity index (χ4v) is 4.35. The van der Waals surface area contributed by atoms with Crippen molar-refractivity contribution in [3.63, 3.8) is 0 Å². The molecule has 4 heterocycles. The molecule has 0 bridgehead atoms. The standard InChI is InChI=1S/C19H27F3N6/c1-13-5-8-26(9-6-13)11-15-4-3-7-27(12-15)16-10-14(2)23-18-24-17(19(20,21)22)25-28(16)18/h10,13,15H,3-9,11-12H2,1-2H3. The number of hydrogen-bond acceptors (Lipinski definition) is 5. The number of fused-ring (bicyclic) bond motifs is 1. The first-order chi connectivity index (χ1) is 13.3. The third-order valence-electron chi connectivity index (χ3n) is 5.91. The van der Waals surface area contributed by atoms with Gasteiger partial charge >= 0.3 is 6.18 Å². The molecule has 2 aliphatic heterocycles. The number of rotatable bonds is 3. The molecule has 1 atom stereocenters. The van der Waals surface area contributed by atoms with Gasteiger partial charge in [0.1, 0.15) is 5.82 Å². The SMILES string of the molecule is Cc1cc(N2CCCC(CN3CCC(C)CC3)C2)n2nc(C(F)(F)F)nc2n1. The van der Waals surface area contributed by atoms with Gasteiger partial charge in [-0.1, -0.05) is 6.92 Å². The van der Waals surface area contributed by atoms with E-state index in [-0.39, 0.29) is 5.78 Å². The van der Waals surface area contributed by atoms with Crippen LogP contribution in [0.25, 0.3) is 5.78 Å². The monoisotopic (exact) mass is 396 g/mol. The largest absolute Gasteiger partial charge is 0.453 e. The number of halogens is 3. The Kier molecular flexibility index (Phi) is 5.20. The molecule has 4 rings (SSSR count). The zero-order valence-electron chi connectivity index (χ0n) is 16.4. The molecule has 2 saturated heterocycles. The molecule has 154 valence electrons. The van der Waals surface area contributed by atoms with Crippen molar-refractivity contribution in [1.82, 2.24) is 24.5 Å². The Morgan fingerprint density at radius 2 is 1.86 bits per heavy atom. The summed E-state index contributed by atoms with van der Waals surface area (Å²) in [4.78, 5) is 12.4. The molecule has 6 nitrogen and oxygen atoms in total. The van der Waals surface area contributed by atoms with Crippen molar-refractivity contribution in [2.24, 2.45) is 11.8 Å². The van der Waals surface area contributed by atoms with E-state index >= 15 is 0 Å². The zero-order valence-corrected chi connectivity index (χ0v) is 16.4. The molecule has 0 saturated carbocycles. The van der Waals surface area contributed by atoms with Crippen LogP contribution in [0.2, 0.25) is 0 Å². The number of anilines is 1. The third kappa shape index (κ3) is 4.09. The first-order valence-corrected chi connectivity index (χ1v) is 10.1. The van der Waals surface area contributed by atoms with E-state index in [1.165, 1.54) is 17.4 Å². The lowest BCUT2D eigenvalue weighted by atomic mass is 9.94. The van der Waals surface area contributed by atoms with Crippen LogP contribution in [0.5, 0.6) is 0 Å². The number of piperidine rings is 2. The summed E-state index contributed by atoms with van der Waals surface area (Å²) in [6.07, 6.45) is 0.105. The molecule has 0 spiro atoms. The van der Waals surface area contributed by atoms with E-state index in [1.54, 1.807) is 6.92 Å². The van der Waals surface area contributed by atoms with E-state index in [1.807, 2.05) is 6.07 Å². The van der Waals surface area contributed by atoms with E-state index in [9.17, 15) is 13.2 Å². The highest BCUT2D eigenvalue weighted by Crippen LogP contribution is 2.29. The normalized spacial score (nSPS) is 22.9. The first kappa shape index (κ1) is 19.4. The Morgan fingerprint density at radius 1 is 1.11 bits per heavy atom. The number of hydrogen-bond donors (Lipinski definition) is 0. The summed E-state index contributed by atoms with van der Waals surface area (Å²) in [6, 6.07) is 1.81. The molecule has 9 heteroatoms. The highest BCUT2D eigenvalue weighted by molar-refractivity contribution is 5.48. The third-order valence-corrected chi connectivity index (χ3v) is 5.91. The Bertz CT molecular complexity index is 825. The summed E-state index contributed by atoms with van der Waals surface area (Å²) in [5.74, 6) is 0.846. The highest BCUT2D eigenvalue weighted by atomic mass is 19.4. The van der Waals surface area contributed by atoms with Gasteiger partial charge in [0.25, 0.3) is 11.6 Å². The summed E-state index contributed by atoms with van der Waals surface area (Å²) in [5.41, 5.74) is 0.649. The lowest BCUT2D eigenvalue weighted by molar-refractivity contribution is -0.144. The van der Waals surface area contributed by atoms with Gasteiger partial charge in [-0.3, -0.25) is 0 Å². The molecular formula is C19H27F3N6. The predicted octanol–water partition coefficient (Wildman–Crippen LogP) is 3.40. The molecule has 2 aromatic heterocycles. The van der Waals surface area contributed by atoms with Crippen LogP contribution in [0.15, 0.2) is 6.07 Å². The Hall–Kier alpha value is -1.90.